The number of imide groups is 3. The highest BCUT2D eigenvalue weighted by Crippen LogP contribution is 2.46. The fourth-order valence-corrected chi connectivity index (χ4v) is 5.05. The summed E-state index contributed by atoms with van der Waals surface area (Å²) in [5.74, 6) is -1.90. The number of carbonyl (C=O) groups excluding carboxylic acids is 5. The van der Waals surface area contributed by atoms with E-state index in [1.165, 1.54) is 0 Å². The summed E-state index contributed by atoms with van der Waals surface area (Å²) in [4.78, 5) is 66.8. The molecule has 5 N–H and O–H groups in total. The van der Waals surface area contributed by atoms with E-state index >= 15 is 0 Å². The number of carbonyl (C=O) groups is 5. The third kappa shape index (κ3) is 3.49. The van der Waals surface area contributed by atoms with Crippen molar-refractivity contribution in [3.05, 3.63) is 11.4 Å². The maximum Gasteiger partial charge on any atom is 0.334 e. The van der Waals surface area contributed by atoms with Crippen LogP contribution in [0.1, 0.15) is 58.3 Å². The van der Waals surface area contributed by atoms with Gasteiger partial charge in [0, 0.05) is 19.1 Å². The molecule has 0 aromatic carbocycles. The van der Waals surface area contributed by atoms with E-state index in [0.717, 1.165) is 16.2 Å². The van der Waals surface area contributed by atoms with Crippen LogP contribution in [0.2, 0.25) is 0 Å². The van der Waals surface area contributed by atoms with Gasteiger partial charge in [-0.05, 0) is 50.9 Å². The van der Waals surface area contributed by atoms with Gasteiger partial charge in [0.2, 0.25) is 0 Å². The Labute approximate surface area is 186 Å². The summed E-state index contributed by atoms with van der Waals surface area (Å²) in [6.45, 7) is 2.62. The lowest BCUT2D eigenvalue weighted by molar-refractivity contribution is -0.138. The SMILES string of the molecule is CCCCN1C(=O)C(=C(N)N)C(=O)N(C2CCC(CN3C(=O)NC(=O)C34CC4)CC2)C1=O. The van der Waals surface area contributed by atoms with Gasteiger partial charge in [-0.25, -0.2) is 9.59 Å². The van der Waals surface area contributed by atoms with Crippen LogP contribution in [0.3, 0.4) is 0 Å². The van der Waals surface area contributed by atoms with Crippen LogP contribution in [0.5, 0.6) is 0 Å². The van der Waals surface area contributed by atoms with E-state index in [1.807, 2.05) is 6.92 Å². The molecule has 1 spiro atoms. The van der Waals surface area contributed by atoms with Crippen molar-refractivity contribution in [1.29, 1.82) is 0 Å². The van der Waals surface area contributed by atoms with E-state index < -0.39 is 23.4 Å². The van der Waals surface area contributed by atoms with Gasteiger partial charge >= 0.3 is 12.1 Å². The van der Waals surface area contributed by atoms with Crippen LogP contribution < -0.4 is 16.8 Å². The predicted molar refractivity (Wildman–Crippen MR) is 112 cm³/mol. The lowest BCUT2D eigenvalue weighted by atomic mass is 9.84. The number of unbranched alkanes of at least 4 members (excludes halogenated alkanes) is 1. The van der Waals surface area contributed by atoms with Gasteiger partial charge in [-0.1, -0.05) is 13.3 Å². The summed E-state index contributed by atoms with van der Waals surface area (Å²) in [6.07, 6.45) is 5.25. The Kier molecular flexibility index (Phi) is 5.59. The van der Waals surface area contributed by atoms with E-state index in [9.17, 15) is 24.0 Å². The molecular weight excluding hydrogens is 416 g/mol. The molecular formula is C21H30N6O5. The fourth-order valence-electron chi connectivity index (χ4n) is 5.05. The molecule has 4 rings (SSSR count). The molecule has 7 amide bonds. The predicted octanol–water partition coefficient (Wildman–Crippen LogP) is 0.350. The van der Waals surface area contributed by atoms with Gasteiger partial charge in [-0.3, -0.25) is 29.5 Å². The Morgan fingerprint density at radius 1 is 1.03 bits per heavy atom. The first-order chi connectivity index (χ1) is 15.2. The molecule has 11 heteroatoms. The molecule has 174 valence electrons. The first kappa shape index (κ1) is 22.1. The van der Waals surface area contributed by atoms with Crippen LogP contribution in [-0.4, -0.2) is 69.2 Å². The van der Waals surface area contributed by atoms with Gasteiger partial charge in [0.15, 0.2) is 0 Å². The maximum atomic E-state index is 13.1. The summed E-state index contributed by atoms with van der Waals surface area (Å²) >= 11 is 0. The number of nitrogens with two attached hydrogens (primary N) is 2. The topological polar surface area (TPSA) is 159 Å². The standard InChI is InChI=1S/C21H30N6O5/c1-2-3-10-25-16(28)14(15(22)23)17(29)27(20(25)32)13-6-4-12(5-7-13)11-26-19(31)24-18(30)21(26)8-9-21/h12-13H,2-11,22-23H2,1H3,(H,24,30,31). The van der Waals surface area contributed by atoms with Crippen LogP contribution in [-0.2, 0) is 14.4 Å². The van der Waals surface area contributed by atoms with Crippen LogP contribution in [0.4, 0.5) is 9.59 Å². The Balaban J connectivity index is 1.45. The van der Waals surface area contributed by atoms with Gasteiger partial charge in [0.05, 0.1) is 0 Å². The van der Waals surface area contributed by atoms with Gasteiger partial charge in [-0.15, -0.1) is 0 Å². The summed E-state index contributed by atoms with van der Waals surface area (Å²) in [5.41, 5.74) is 10.2. The van der Waals surface area contributed by atoms with E-state index in [-0.39, 0.29) is 41.8 Å². The Bertz CT molecular complexity index is 898. The number of urea groups is 2. The molecule has 2 heterocycles. The lowest BCUT2D eigenvalue weighted by Crippen LogP contribution is -2.61. The van der Waals surface area contributed by atoms with E-state index in [0.29, 0.717) is 51.5 Å². The monoisotopic (exact) mass is 446 g/mol. The van der Waals surface area contributed by atoms with Gasteiger partial charge in [-0.2, -0.15) is 0 Å². The first-order valence-corrected chi connectivity index (χ1v) is 11.3. The van der Waals surface area contributed by atoms with Crippen LogP contribution >= 0.6 is 0 Å². The highest BCUT2D eigenvalue weighted by atomic mass is 16.2. The molecule has 11 nitrogen and oxygen atoms in total. The Hall–Kier alpha value is -3.11. The number of barbiturate groups is 1. The fraction of sp³-hybridized carbons (Fsp3) is 0.667. The minimum absolute atomic E-state index is 0.169. The van der Waals surface area contributed by atoms with Gasteiger partial charge in [0.1, 0.15) is 16.9 Å². The molecule has 0 aromatic rings. The molecule has 2 saturated carbocycles. The number of hydrogen-bond acceptors (Lipinski definition) is 7. The largest absolute Gasteiger partial charge is 0.385 e. The highest BCUT2D eigenvalue weighted by molar-refractivity contribution is 6.29. The molecule has 0 aromatic heterocycles. The summed E-state index contributed by atoms with van der Waals surface area (Å²) in [7, 11) is 0. The zero-order valence-corrected chi connectivity index (χ0v) is 18.3. The van der Waals surface area contributed by atoms with Crippen molar-refractivity contribution in [2.24, 2.45) is 17.4 Å². The van der Waals surface area contributed by atoms with Crippen molar-refractivity contribution in [3.63, 3.8) is 0 Å². The third-order valence-electron chi connectivity index (χ3n) is 7.10. The zero-order valence-electron chi connectivity index (χ0n) is 18.3. The van der Waals surface area contributed by atoms with Gasteiger partial charge < -0.3 is 16.4 Å². The van der Waals surface area contributed by atoms with Crippen molar-refractivity contribution in [2.75, 3.05) is 13.1 Å². The smallest absolute Gasteiger partial charge is 0.334 e. The normalized spacial score (nSPS) is 27.5. The third-order valence-corrected chi connectivity index (χ3v) is 7.10. The molecule has 32 heavy (non-hydrogen) atoms. The Morgan fingerprint density at radius 3 is 2.25 bits per heavy atom. The van der Waals surface area contributed by atoms with Crippen LogP contribution in [0.25, 0.3) is 0 Å². The van der Waals surface area contributed by atoms with E-state index in [2.05, 4.69) is 5.32 Å². The van der Waals surface area contributed by atoms with Crippen molar-refractivity contribution in [3.8, 4) is 0 Å². The lowest BCUT2D eigenvalue weighted by Gasteiger charge is -2.41. The molecule has 0 atom stereocenters. The molecule has 0 bridgehead atoms. The summed E-state index contributed by atoms with van der Waals surface area (Å²) < 4.78 is 0. The number of nitrogens with zero attached hydrogens (tertiary/aromatic N) is 3. The van der Waals surface area contributed by atoms with Crippen molar-refractivity contribution in [1.82, 2.24) is 20.0 Å². The molecule has 0 radical (unpaired) electrons. The van der Waals surface area contributed by atoms with Crippen LogP contribution in [0, 0.1) is 5.92 Å². The zero-order chi connectivity index (χ0) is 23.2. The number of rotatable bonds is 6. The molecule has 2 aliphatic carbocycles. The molecule has 2 aliphatic heterocycles. The molecule has 4 fully saturated rings. The maximum absolute atomic E-state index is 13.1. The average molecular weight is 447 g/mol. The minimum atomic E-state index is -0.738. The molecule has 0 unspecified atom stereocenters. The number of hydrogen-bond donors (Lipinski definition) is 3. The van der Waals surface area contributed by atoms with E-state index in [4.69, 9.17) is 11.5 Å². The number of amides is 7. The second kappa shape index (κ2) is 8.10. The molecule has 4 aliphatic rings. The number of nitrogens with one attached hydrogen (secondary N) is 1. The Morgan fingerprint density at radius 2 is 1.69 bits per heavy atom. The van der Waals surface area contributed by atoms with Crippen molar-refractivity contribution >= 4 is 29.8 Å². The molecule has 2 saturated heterocycles. The second-order valence-electron chi connectivity index (χ2n) is 9.17. The first-order valence-electron chi connectivity index (χ1n) is 11.3. The minimum Gasteiger partial charge on any atom is -0.385 e. The van der Waals surface area contributed by atoms with Gasteiger partial charge in [0.25, 0.3) is 17.7 Å². The van der Waals surface area contributed by atoms with Crippen molar-refractivity contribution in [2.45, 2.75) is 69.9 Å². The summed E-state index contributed by atoms with van der Waals surface area (Å²) in [6, 6.07) is -1.33. The summed E-state index contributed by atoms with van der Waals surface area (Å²) in [5, 5.41) is 2.41. The highest BCUT2D eigenvalue weighted by Gasteiger charge is 2.61. The van der Waals surface area contributed by atoms with Crippen LogP contribution in [0.15, 0.2) is 11.4 Å². The average Bonchev–Trinajstić information content (AvgIpc) is 3.50. The second-order valence-corrected chi connectivity index (χ2v) is 9.17. The van der Waals surface area contributed by atoms with Crippen molar-refractivity contribution < 1.29 is 24.0 Å². The quantitative estimate of drug-likeness (QED) is 0.301. The van der Waals surface area contributed by atoms with E-state index in [1.54, 1.807) is 4.90 Å².